The van der Waals surface area contributed by atoms with Crippen molar-refractivity contribution in [2.75, 3.05) is 0 Å². The molecule has 0 spiro atoms. The number of rotatable bonds is 2. The van der Waals surface area contributed by atoms with Gasteiger partial charge in [-0.1, -0.05) is 47.4 Å². The molecule has 2 radical (unpaired) electrons. The first-order valence-corrected chi connectivity index (χ1v) is 4.41. The maximum Gasteiger partial charge on any atom is 0.0703 e. The minimum Gasteiger partial charge on any atom is -0.0751 e. The Kier molecular flexibility index (Phi) is 3.22. The fourth-order valence-corrected chi connectivity index (χ4v) is 1.53. The van der Waals surface area contributed by atoms with Crippen LogP contribution in [0.1, 0.15) is 48.0 Å². The lowest BCUT2D eigenvalue weighted by Crippen LogP contribution is -2.24. The van der Waals surface area contributed by atoms with E-state index >= 15 is 0 Å². The SMILES string of the molecule is [B]C(C)C(C)(C)CC(C)(C)C. The van der Waals surface area contributed by atoms with E-state index < -0.39 is 0 Å². The molecule has 0 aromatic heterocycles. The van der Waals surface area contributed by atoms with Crippen LogP contribution in [-0.4, -0.2) is 7.85 Å². The van der Waals surface area contributed by atoms with Gasteiger partial charge in [0.2, 0.25) is 0 Å². The van der Waals surface area contributed by atoms with Crippen LogP contribution in [0.4, 0.5) is 0 Å². The Morgan fingerprint density at radius 3 is 1.55 bits per heavy atom. The van der Waals surface area contributed by atoms with Crippen LogP contribution in [0.3, 0.4) is 0 Å². The van der Waals surface area contributed by atoms with Gasteiger partial charge < -0.3 is 0 Å². The summed E-state index contributed by atoms with van der Waals surface area (Å²) in [5.74, 6) is 0.279. The molecule has 0 aromatic carbocycles. The van der Waals surface area contributed by atoms with Gasteiger partial charge in [0.25, 0.3) is 0 Å². The van der Waals surface area contributed by atoms with E-state index in [-0.39, 0.29) is 11.2 Å². The Labute approximate surface area is 73.2 Å². The van der Waals surface area contributed by atoms with Crippen molar-refractivity contribution < 1.29 is 0 Å². The van der Waals surface area contributed by atoms with E-state index in [1.165, 1.54) is 6.42 Å². The highest BCUT2D eigenvalue weighted by atomic mass is 14.3. The third-order valence-electron chi connectivity index (χ3n) is 2.22. The van der Waals surface area contributed by atoms with Crippen LogP contribution in [0.2, 0.25) is 5.82 Å². The molecule has 0 aromatic rings. The summed E-state index contributed by atoms with van der Waals surface area (Å²) in [5, 5.41) is 0. The summed E-state index contributed by atoms with van der Waals surface area (Å²) in [4.78, 5) is 0. The van der Waals surface area contributed by atoms with Gasteiger partial charge in [0.15, 0.2) is 0 Å². The summed E-state index contributed by atoms with van der Waals surface area (Å²) in [6.07, 6.45) is 1.18. The van der Waals surface area contributed by atoms with E-state index in [4.69, 9.17) is 7.85 Å². The van der Waals surface area contributed by atoms with E-state index in [0.29, 0.717) is 5.41 Å². The summed E-state index contributed by atoms with van der Waals surface area (Å²) < 4.78 is 0. The van der Waals surface area contributed by atoms with Crippen molar-refractivity contribution >= 4 is 7.85 Å². The summed E-state index contributed by atoms with van der Waals surface area (Å²) in [7, 11) is 5.88. The zero-order valence-electron chi connectivity index (χ0n) is 8.86. The molecule has 1 unspecified atom stereocenters. The van der Waals surface area contributed by atoms with Gasteiger partial charge in [-0.25, -0.2) is 0 Å². The van der Waals surface area contributed by atoms with Crippen molar-refractivity contribution in [3.8, 4) is 0 Å². The Hall–Kier alpha value is 0.0649. The van der Waals surface area contributed by atoms with Gasteiger partial charge in [-0.2, -0.15) is 0 Å². The molecule has 0 fully saturated rings. The van der Waals surface area contributed by atoms with Crippen LogP contribution in [-0.2, 0) is 0 Å². The Morgan fingerprint density at radius 2 is 1.45 bits per heavy atom. The van der Waals surface area contributed by atoms with Crippen LogP contribution in [0.5, 0.6) is 0 Å². The molecule has 0 saturated heterocycles. The third-order valence-corrected chi connectivity index (χ3v) is 2.22. The third kappa shape index (κ3) is 4.50. The zero-order valence-corrected chi connectivity index (χ0v) is 8.86. The minimum absolute atomic E-state index is 0.262. The second kappa shape index (κ2) is 3.20. The van der Waals surface area contributed by atoms with Gasteiger partial charge >= 0.3 is 0 Å². The predicted molar refractivity (Wildman–Crippen MR) is 53.0 cm³/mol. The van der Waals surface area contributed by atoms with Crippen molar-refractivity contribution in [3.05, 3.63) is 0 Å². The second-order valence-corrected chi connectivity index (χ2v) is 5.51. The first kappa shape index (κ1) is 11.1. The Balaban J connectivity index is 4.13. The van der Waals surface area contributed by atoms with Gasteiger partial charge in [0, 0.05) is 0 Å². The molecule has 0 nitrogen and oxygen atoms in total. The molecule has 11 heavy (non-hydrogen) atoms. The fourth-order valence-electron chi connectivity index (χ4n) is 1.53. The molecule has 0 bridgehead atoms. The number of hydrogen-bond donors (Lipinski definition) is 0. The van der Waals surface area contributed by atoms with E-state index in [9.17, 15) is 0 Å². The summed E-state index contributed by atoms with van der Waals surface area (Å²) in [5.41, 5.74) is 0.648. The van der Waals surface area contributed by atoms with Crippen LogP contribution in [0.25, 0.3) is 0 Å². The zero-order chi connectivity index (χ0) is 9.28. The van der Waals surface area contributed by atoms with Crippen LogP contribution in [0.15, 0.2) is 0 Å². The van der Waals surface area contributed by atoms with Gasteiger partial charge in [0.05, 0.1) is 7.85 Å². The van der Waals surface area contributed by atoms with Crippen LogP contribution in [0, 0.1) is 10.8 Å². The van der Waals surface area contributed by atoms with Gasteiger partial charge in [0.1, 0.15) is 0 Å². The second-order valence-electron chi connectivity index (χ2n) is 5.51. The molecule has 0 amide bonds. The molecule has 1 atom stereocenters. The average Bonchev–Trinajstić information content (AvgIpc) is 1.56. The molecular weight excluding hydrogens is 131 g/mol. The van der Waals surface area contributed by atoms with E-state index in [1.807, 2.05) is 0 Å². The summed E-state index contributed by atoms with van der Waals surface area (Å²) >= 11 is 0. The number of hydrogen-bond acceptors (Lipinski definition) is 0. The van der Waals surface area contributed by atoms with Crippen molar-refractivity contribution in [1.29, 1.82) is 0 Å². The van der Waals surface area contributed by atoms with E-state index in [2.05, 4.69) is 41.5 Å². The first-order chi connectivity index (χ1) is 4.65. The normalized spacial score (nSPS) is 16.5. The lowest BCUT2D eigenvalue weighted by atomic mass is 9.62. The fraction of sp³-hybridized carbons (Fsp3) is 1.00. The Morgan fingerprint density at radius 1 is 1.09 bits per heavy atom. The van der Waals surface area contributed by atoms with E-state index in [1.54, 1.807) is 0 Å². The highest BCUT2D eigenvalue weighted by molar-refractivity contribution is 6.11. The molecule has 0 N–H and O–H groups in total. The molecule has 0 aliphatic rings. The standard InChI is InChI=1S/C10H21B/c1-8(11)10(5,6)7-9(2,3)4/h8H,7H2,1-6H3. The molecule has 64 valence electrons. The van der Waals surface area contributed by atoms with Crippen molar-refractivity contribution in [2.45, 2.75) is 53.8 Å². The van der Waals surface area contributed by atoms with Crippen LogP contribution < -0.4 is 0 Å². The van der Waals surface area contributed by atoms with Crippen LogP contribution >= 0.6 is 0 Å². The highest BCUT2D eigenvalue weighted by Gasteiger charge is 2.27. The maximum atomic E-state index is 5.88. The highest BCUT2D eigenvalue weighted by Crippen LogP contribution is 2.40. The lowest BCUT2D eigenvalue weighted by Gasteiger charge is -2.36. The predicted octanol–water partition coefficient (Wildman–Crippen LogP) is 3.43. The smallest absolute Gasteiger partial charge is 0.0703 e. The first-order valence-electron chi connectivity index (χ1n) is 4.41. The van der Waals surface area contributed by atoms with Gasteiger partial charge in [-0.05, 0) is 17.3 Å². The topological polar surface area (TPSA) is 0 Å². The quantitative estimate of drug-likeness (QED) is 0.531. The Bertz CT molecular complexity index is 117. The molecule has 0 saturated carbocycles. The van der Waals surface area contributed by atoms with E-state index in [0.717, 1.165) is 0 Å². The monoisotopic (exact) mass is 152 g/mol. The average molecular weight is 152 g/mol. The molecule has 0 aliphatic heterocycles. The van der Waals surface area contributed by atoms with Crippen molar-refractivity contribution in [1.82, 2.24) is 0 Å². The van der Waals surface area contributed by atoms with Crippen molar-refractivity contribution in [3.63, 3.8) is 0 Å². The van der Waals surface area contributed by atoms with Crippen molar-refractivity contribution in [2.24, 2.45) is 10.8 Å². The molecule has 0 rings (SSSR count). The summed E-state index contributed by atoms with van der Waals surface area (Å²) in [6.45, 7) is 13.4. The minimum atomic E-state index is 0.262. The van der Waals surface area contributed by atoms with Gasteiger partial charge in [-0.15, -0.1) is 0 Å². The van der Waals surface area contributed by atoms with Gasteiger partial charge in [-0.3, -0.25) is 0 Å². The maximum absolute atomic E-state index is 5.88. The molecule has 0 aliphatic carbocycles. The molecular formula is C10H21B. The largest absolute Gasteiger partial charge is 0.0751 e. The summed E-state index contributed by atoms with van der Waals surface area (Å²) in [6, 6.07) is 0. The lowest BCUT2D eigenvalue weighted by molar-refractivity contribution is 0.207. The molecule has 0 heterocycles. The molecule has 1 heteroatoms.